The topological polar surface area (TPSA) is 0 Å². The van der Waals surface area contributed by atoms with E-state index in [0.29, 0.717) is 0 Å². The minimum absolute atomic E-state index is 0.289. The number of hydrogen-bond acceptors (Lipinski definition) is 1. The van der Waals surface area contributed by atoms with Crippen molar-refractivity contribution in [2.75, 3.05) is 20.0 Å². The molecular weight excluding hydrogens is 249 g/mol. The van der Waals surface area contributed by atoms with Gasteiger partial charge in [0.2, 0.25) is 0 Å². The fraction of sp³-hybridized carbons (Fsp3) is 0.833. The van der Waals surface area contributed by atoms with Gasteiger partial charge in [0.15, 0.2) is 0 Å². The van der Waals surface area contributed by atoms with E-state index in [-0.39, 0.29) is 4.90 Å². The zero-order valence-corrected chi connectivity index (χ0v) is 14.5. The van der Waals surface area contributed by atoms with E-state index in [1.54, 1.807) is 0 Å². The summed E-state index contributed by atoms with van der Waals surface area (Å²) in [6, 6.07) is 0. The molecule has 2 atom stereocenters. The lowest BCUT2D eigenvalue weighted by Crippen LogP contribution is -2.22. The maximum Gasteiger partial charge on any atom is 0.101 e. The van der Waals surface area contributed by atoms with Gasteiger partial charge in [0.1, 0.15) is 7.85 Å². The van der Waals surface area contributed by atoms with Crippen LogP contribution in [0.15, 0.2) is 0 Å². The summed E-state index contributed by atoms with van der Waals surface area (Å²) in [7, 11) is 2.26. The Morgan fingerprint density at radius 2 is 1.62 bits per heavy atom. The van der Waals surface area contributed by atoms with Crippen molar-refractivity contribution in [1.82, 2.24) is 0 Å². The molecule has 4 heteroatoms. The van der Waals surface area contributed by atoms with E-state index in [9.17, 15) is 0 Å². The SMILES string of the molecule is BCCCCCC(C)(P(=C)(C)C)P(=C)(C)S. The molecule has 0 aliphatic carbocycles. The molecule has 96 valence electrons. The Kier molecular flexibility index (Phi) is 6.66. The molecule has 0 rings (SSSR count). The summed E-state index contributed by atoms with van der Waals surface area (Å²) in [6.45, 7) is 8.17. The highest BCUT2D eigenvalue weighted by atomic mass is 32.7. The predicted octanol–water partition coefficient (Wildman–Crippen LogP) is 3.95. The van der Waals surface area contributed by atoms with Crippen molar-refractivity contribution in [3.8, 4) is 0 Å². The molecule has 0 aromatic rings. The van der Waals surface area contributed by atoms with Crippen LogP contribution < -0.4 is 0 Å². The molecule has 0 aliphatic heterocycles. The van der Waals surface area contributed by atoms with Gasteiger partial charge in [-0.05, 0) is 26.4 Å². The van der Waals surface area contributed by atoms with Gasteiger partial charge in [0.25, 0.3) is 0 Å². The number of thiol groups is 1. The van der Waals surface area contributed by atoms with Gasteiger partial charge in [-0.25, -0.2) is 0 Å². The molecule has 0 heterocycles. The fourth-order valence-corrected chi connectivity index (χ4v) is 10.6. The van der Waals surface area contributed by atoms with Gasteiger partial charge in [0, 0.05) is 4.90 Å². The Labute approximate surface area is 109 Å². The first-order valence-corrected chi connectivity index (χ1v) is 12.6. The molecule has 0 fully saturated rings. The van der Waals surface area contributed by atoms with Gasteiger partial charge in [-0.1, -0.05) is 44.9 Å². The molecule has 0 saturated heterocycles. The zero-order valence-electron chi connectivity index (χ0n) is 11.8. The number of rotatable bonds is 7. The fourth-order valence-electron chi connectivity index (χ4n) is 2.01. The molecule has 0 bridgehead atoms. The minimum atomic E-state index is -1.38. The molecule has 0 aliphatic rings. The second-order valence-corrected chi connectivity index (χ2v) is 16.5. The van der Waals surface area contributed by atoms with Crippen molar-refractivity contribution >= 4 is 45.7 Å². The quantitative estimate of drug-likeness (QED) is 0.310. The highest BCUT2D eigenvalue weighted by Gasteiger charge is 2.37. The average Bonchev–Trinajstić information content (AvgIpc) is 2.08. The molecule has 0 radical (unpaired) electrons. The Morgan fingerprint density at radius 3 is 1.94 bits per heavy atom. The van der Waals surface area contributed by atoms with Crippen LogP contribution in [0.4, 0.5) is 0 Å². The Hall–Kier alpha value is 1.01. The van der Waals surface area contributed by atoms with E-state index in [1.165, 1.54) is 32.0 Å². The molecule has 16 heavy (non-hydrogen) atoms. The second-order valence-electron chi connectivity index (χ2n) is 5.85. The van der Waals surface area contributed by atoms with Gasteiger partial charge in [0.05, 0.1) is 0 Å². The molecule has 0 aromatic carbocycles. The van der Waals surface area contributed by atoms with E-state index in [1.807, 2.05) is 0 Å². The van der Waals surface area contributed by atoms with Crippen LogP contribution in [-0.2, 0) is 0 Å². The third kappa shape index (κ3) is 4.36. The first kappa shape index (κ1) is 17.0. The van der Waals surface area contributed by atoms with Crippen LogP contribution in [0.2, 0.25) is 6.32 Å². The summed E-state index contributed by atoms with van der Waals surface area (Å²) in [4.78, 5) is 0.289. The standard InChI is InChI=1S/C12H29BP2S/c1-12(14(2,3)4,15(5,6)16)10-8-7-9-11-13/h16H,2,5,7-11,13H2,1,3-4,6H3. The highest BCUT2D eigenvalue weighted by Crippen LogP contribution is 2.74. The smallest absolute Gasteiger partial charge is 0.101 e. The lowest BCUT2D eigenvalue weighted by Gasteiger charge is -2.45. The molecule has 0 saturated carbocycles. The molecule has 0 spiro atoms. The lowest BCUT2D eigenvalue weighted by atomic mass is 9.98. The van der Waals surface area contributed by atoms with Crippen molar-refractivity contribution in [1.29, 1.82) is 0 Å². The van der Waals surface area contributed by atoms with Crippen LogP contribution in [-0.4, -0.2) is 45.3 Å². The number of unbranched alkanes of at least 4 members (excludes halogenated alkanes) is 2. The highest BCUT2D eigenvalue weighted by molar-refractivity contribution is 8.53. The van der Waals surface area contributed by atoms with E-state index in [2.05, 4.69) is 47.4 Å². The Bertz CT molecular complexity index is 278. The molecule has 0 nitrogen and oxygen atoms in total. The summed E-state index contributed by atoms with van der Waals surface area (Å²) >= 11 is 4.84. The van der Waals surface area contributed by atoms with Crippen LogP contribution in [0.5, 0.6) is 0 Å². The molecule has 0 aromatic heterocycles. The van der Waals surface area contributed by atoms with Crippen molar-refractivity contribution < 1.29 is 0 Å². The first-order chi connectivity index (χ1) is 7.06. The zero-order chi connectivity index (χ0) is 13.0. The minimum Gasteiger partial charge on any atom is -0.152 e. The van der Waals surface area contributed by atoms with E-state index < -0.39 is 13.0 Å². The van der Waals surface area contributed by atoms with Gasteiger partial charge in [-0.2, -0.15) is 12.2 Å². The number of hydrogen-bond donors (Lipinski definition) is 1. The van der Waals surface area contributed by atoms with Gasteiger partial charge < -0.3 is 0 Å². The maximum absolute atomic E-state index is 4.84. The van der Waals surface area contributed by atoms with Crippen molar-refractivity contribution in [2.45, 2.75) is 43.8 Å². The van der Waals surface area contributed by atoms with E-state index >= 15 is 0 Å². The second kappa shape index (κ2) is 6.26. The normalized spacial score (nSPS) is 20.1. The van der Waals surface area contributed by atoms with Crippen LogP contribution in [0.25, 0.3) is 0 Å². The van der Waals surface area contributed by atoms with Gasteiger partial charge in [-0.15, -0.1) is 13.2 Å². The van der Waals surface area contributed by atoms with Crippen LogP contribution >= 0.6 is 25.2 Å². The molecule has 0 amide bonds. The molecule has 2 unspecified atom stereocenters. The molecular formula is C12H29BP2S. The van der Waals surface area contributed by atoms with Crippen molar-refractivity contribution in [3.63, 3.8) is 0 Å². The summed E-state index contributed by atoms with van der Waals surface area (Å²) in [5.74, 6) is 0. The third-order valence-corrected chi connectivity index (χ3v) is 13.7. The summed E-state index contributed by atoms with van der Waals surface area (Å²) in [6.07, 6.45) is 14.0. The Morgan fingerprint density at radius 1 is 1.12 bits per heavy atom. The molecule has 0 N–H and O–H groups in total. The average molecular weight is 278 g/mol. The van der Waals surface area contributed by atoms with E-state index in [4.69, 9.17) is 12.2 Å². The first-order valence-electron chi connectivity index (χ1n) is 6.18. The van der Waals surface area contributed by atoms with E-state index in [0.717, 1.165) is 0 Å². The van der Waals surface area contributed by atoms with Gasteiger partial charge in [-0.3, -0.25) is 0 Å². The van der Waals surface area contributed by atoms with Gasteiger partial charge >= 0.3 is 0 Å². The largest absolute Gasteiger partial charge is 0.152 e. The van der Waals surface area contributed by atoms with Crippen LogP contribution in [0, 0.1) is 0 Å². The Balaban J connectivity index is 4.73. The predicted molar refractivity (Wildman–Crippen MR) is 95.1 cm³/mol. The van der Waals surface area contributed by atoms with Crippen LogP contribution in [0.1, 0.15) is 32.6 Å². The monoisotopic (exact) mass is 278 g/mol. The third-order valence-electron chi connectivity index (χ3n) is 3.85. The van der Waals surface area contributed by atoms with Crippen LogP contribution in [0.3, 0.4) is 0 Å². The maximum atomic E-state index is 4.84. The lowest BCUT2D eigenvalue weighted by molar-refractivity contribution is 0.636. The van der Waals surface area contributed by atoms with Crippen molar-refractivity contribution in [3.05, 3.63) is 0 Å². The van der Waals surface area contributed by atoms with Crippen molar-refractivity contribution in [2.24, 2.45) is 0 Å². The summed E-state index contributed by atoms with van der Waals surface area (Å²) in [5.41, 5.74) is 0. The summed E-state index contributed by atoms with van der Waals surface area (Å²) < 4.78 is 0. The summed E-state index contributed by atoms with van der Waals surface area (Å²) in [5, 5.41) is 0.